The van der Waals surface area contributed by atoms with E-state index in [9.17, 15) is 8.42 Å². The van der Waals surface area contributed by atoms with Crippen LogP contribution in [0, 0.1) is 0 Å². The van der Waals surface area contributed by atoms with Crippen molar-refractivity contribution in [2.24, 2.45) is 0 Å². The molecule has 0 atom stereocenters. The van der Waals surface area contributed by atoms with Crippen molar-refractivity contribution in [2.75, 3.05) is 27.2 Å². The van der Waals surface area contributed by atoms with Crippen LogP contribution in [0.5, 0.6) is 0 Å². The largest absolute Gasteiger partial charge is 0.335 e. The molecular weight excluding hydrogens is 288 g/mol. The molecule has 2 rings (SSSR count). The van der Waals surface area contributed by atoms with Crippen LogP contribution in [0.15, 0.2) is 47.9 Å². The van der Waals surface area contributed by atoms with E-state index >= 15 is 0 Å². The molecule has 1 N–H and O–H groups in total. The molecule has 0 fully saturated rings. The fraction of sp³-hybridized carbons (Fsp3) is 0.357. The second-order valence-corrected chi connectivity index (χ2v) is 6.95. The summed E-state index contributed by atoms with van der Waals surface area (Å²) in [5, 5.41) is 0.122. The van der Waals surface area contributed by atoms with E-state index in [1.165, 1.54) is 16.8 Å². The number of hydrogen-bond acceptors (Lipinski definition) is 4. The molecule has 1 aromatic carbocycles. The quantitative estimate of drug-likeness (QED) is 0.833. The van der Waals surface area contributed by atoms with E-state index in [1.807, 2.05) is 49.3 Å². The van der Waals surface area contributed by atoms with Gasteiger partial charge in [0.1, 0.15) is 0 Å². The highest BCUT2D eigenvalue weighted by atomic mass is 32.2. The van der Waals surface area contributed by atoms with Gasteiger partial charge in [0.2, 0.25) is 0 Å². The summed E-state index contributed by atoms with van der Waals surface area (Å²) in [6.45, 7) is 1.42. The Hall–Kier alpha value is -1.70. The Morgan fingerprint density at radius 1 is 1.14 bits per heavy atom. The van der Waals surface area contributed by atoms with Gasteiger partial charge in [-0.05, 0) is 19.7 Å². The predicted octanol–water partition coefficient (Wildman–Crippen LogP) is 1.16. The van der Waals surface area contributed by atoms with Gasteiger partial charge in [-0.3, -0.25) is 0 Å². The van der Waals surface area contributed by atoms with Crippen molar-refractivity contribution >= 4 is 10.0 Å². The first kappa shape index (κ1) is 15.7. The lowest BCUT2D eigenvalue weighted by atomic mass is 10.2. The van der Waals surface area contributed by atoms with E-state index in [-0.39, 0.29) is 5.03 Å². The number of aromatic nitrogens is 2. The van der Waals surface area contributed by atoms with E-state index < -0.39 is 10.0 Å². The number of rotatable bonds is 7. The summed E-state index contributed by atoms with van der Waals surface area (Å²) in [6, 6.07) is 9.57. The van der Waals surface area contributed by atoms with Crippen molar-refractivity contribution in [3.05, 3.63) is 48.4 Å². The van der Waals surface area contributed by atoms with E-state index in [0.29, 0.717) is 19.6 Å². The third-order valence-corrected chi connectivity index (χ3v) is 4.86. The second kappa shape index (κ2) is 6.84. The lowest BCUT2D eigenvalue weighted by Crippen LogP contribution is -2.36. The molecule has 0 saturated heterocycles. The minimum absolute atomic E-state index is 0.122. The number of nitrogens with zero attached hydrogens (tertiary/aromatic N) is 3. The van der Waals surface area contributed by atoms with Gasteiger partial charge in [-0.2, -0.15) is 4.31 Å². The Labute approximate surface area is 125 Å². The lowest BCUT2D eigenvalue weighted by Gasteiger charge is -2.23. The Kier molecular flexibility index (Phi) is 5.11. The average molecular weight is 308 g/mol. The SMILES string of the molecule is CN(C)CCN(Cc1ccccc1)S(=O)(=O)c1cnc[nH]1. The van der Waals surface area contributed by atoms with E-state index in [4.69, 9.17) is 0 Å². The molecule has 0 aliphatic rings. The Morgan fingerprint density at radius 3 is 2.43 bits per heavy atom. The smallest absolute Gasteiger partial charge is 0.260 e. The maximum absolute atomic E-state index is 12.6. The molecule has 0 saturated carbocycles. The third-order valence-electron chi connectivity index (χ3n) is 3.09. The molecule has 1 heterocycles. The Balaban J connectivity index is 2.23. The van der Waals surface area contributed by atoms with Gasteiger partial charge in [0.15, 0.2) is 5.03 Å². The summed E-state index contributed by atoms with van der Waals surface area (Å²) < 4.78 is 26.8. The van der Waals surface area contributed by atoms with Gasteiger partial charge in [-0.25, -0.2) is 13.4 Å². The zero-order valence-electron chi connectivity index (χ0n) is 12.2. The maximum atomic E-state index is 12.6. The molecule has 1 aromatic heterocycles. The first-order valence-electron chi connectivity index (χ1n) is 6.67. The fourth-order valence-electron chi connectivity index (χ4n) is 1.91. The second-order valence-electron chi connectivity index (χ2n) is 5.04. The molecule has 0 unspecified atom stereocenters. The van der Waals surface area contributed by atoms with Gasteiger partial charge in [0.05, 0.1) is 12.5 Å². The summed E-state index contributed by atoms with van der Waals surface area (Å²) in [5.41, 5.74) is 0.958. The van der Waals surface area contributed by atoms with Gasteiger partial charge >= 0.3 is 0 Å². The molecule has 0 radical (unpaired) electrons. The number of nitrogens with one attached hydrogen (secondary N) is 1. The van der Waals surface area contributed by atoms with Crippen molar-refractivity contribution in [3.63, 3.8) is 0 Å². The number of aromatic amines is 1. The number of benzene rings is 1. The van der Waals surface area contributed by atoms with Crippen molar-refractivity contribution < 1.29 is 8.42 Å². The van der Waals surface area contributed by atoms with Crippen LogP contribution in [-0.4, -0.2) is 54.8 Å². The molecule has 6 nitrogen and oxygen atoms in total. The molecular formula is C14H20N4O2S. The van der Waals surface area contributed by atoms with Crippen molar-refractivity contribution in [1.29, 1.82) is 0 Å². The summed E-state index contributed by atoms with van der Waals surface area (Å²) in [7, 11) is 0.277. The van der Waals surface area contributed by atoms with Crippen LogP contribution in [0.2, 0.25) is 0 Å². The monoisotopic (exact) mass is 308 g/mol. The first-order chi connectivity index (χ1) is 10.00. The number of sulfonamides is 1. The molecule has 0 aliphatic carbocycles. The average Bonchev–Trinajstić information content (AvgIpc) is 2.99. The lowest BCUT2D eigenvalue weighted by molar-refractivity contribution is 0.328. The van der Waals surface area contributed by atoms with Gasteiger partial charge in [0, 0.05) is 19.6 Å². The molecule has 0 aliphatic heterocycles. The van der Waals surface area contributed by atoms with Crippen LogP contribution in [0.25, 0.3) is 0 Å². The molecule has 2 aromatic rings. The van der Waals surface area contributed by atoms with Gasteiger partial charge in [-0.1, -0.05) is 30.3 Å². The minimum Gasteiger partial charge on any atom is -0.335 e. The third kappa shape index (κ3) is 4.13. The summed E-state index contributed by atoms with van der Waals surface area (Å²) >= 11 is 0. The topological polar surface area (TPSA) is 69.3 Å². The van der Waals surface area contributed by atoms with Crippen LogP contribution in [0.4, 0.5) is 0 Å². The number of imidazole rings is 1. The highest BCUT2D eigenvalue weighted by Crippen LogP contribution is 2.15. The number of H-pyrrole nitrogens is 1. The van der Waals surface area contributed by atoms with Crippen molar-refractivity contribution in [2.45, 2.75) is 11.6 Å². The Morgan fingerprint density at radius 2 is 1.86 bits per heavy atom. The van der Waals surface area contributed by atoms with Crippen LogP contribution in [0.1, 0.15) is 5.56 Å². The fourth-order valence-corrected chi connectivity index (χ4v) is 3.22. The summed E-state index contributed by atoms with van der Waals surface area (Å²) in [4.78, 5) is 8.44. The maximum Gasteiger partial charge on any atom is 0.260 e. The molecule has 7 heteroatoms. The van der Waals surface area contributed by atoms with Gasteiger partial charge in [-0.15, -0.1) is 0 Å². The van der Waals surface area contributed by atoms with Crippen molar-refractivity contribution in [1.82, 2.24) is 19.2 Å². The van der Waals surface area contributed by atoms with E-state index in [0.717, 1.165) is 5.56 Å². The zero-order valence-corrected chi connectivity index (χ0v) is 13.0. The standard InChI is InChI=1S/C14H20N4O2S/c1-17(2)8-9-18(11-13-6-4-3-5-7-13)21(19,20)14-10-15-12-16-14/h3-7,10,12H,8-9,11H2,1-2H3,(H,15,16). The predicted molar refractivity (Wildman–Crippen MR) is 81.2 cm³/mol. The normalized spacial score (nSPS) is 12.2. The molecule has 0 bridgehead atoms. The molecule has 21 heavy (non-hydrogen) atoms. The highest BCUT2D eigenvalue weighted by Gasteiger charge is 2.25. The van der Waals surface area contributed by atoms with Gasteiger partial charge < -0.3 is 9.88 Å². The van der Waals surface area contributed by atoms with Crippen LogP contribution in [0.3, 0.4) is 0 Å². The first-order valence-corrected chi connectivity index (χ1v) is 8.11. The van der Waals surface area contributed by atoms with E-state index in [2.05, 4.69) is 9.97 Å². The minimum atomic E-state index is -3.56. The molecule has 0 amide bonds. The summed E-state index contributed by atoms with van der Waals surface area (Å²) in [6.07, 6.45) is 2.71. The Bertz CT molecular complexity index is 639. The van der Waals surface area contributed by atoms with Crippen LogP contribution in [-0.2, 0) is 16.6 Å². The number of likely N-dealkylation sites (N-methyl/N-ethyl adjacent to an activating group) is 1. The zero-order chi connectivity index (χ0) is 15.3. The molecule has 0 spiro atoms. The summed E-state index contributed by atoms with van der Waals surface area (Å²) in [5.74, 6) is 0. The highest BCUT2D eigenvalue weighted by molar-refractivity contribution is 7.89. The molecule has 114 valence electrons. The van der Waals surface area contributed by atoms with Crippen LogP contribution >= 0.6 is 0 Å². The van der Waals surface area contributed by atoms with Crippen molar-refractivity contribution in [3.8, 4) is 0 Å². The number of hydrogen-bond donors (Lipinski definition) is 1. The van der Waals surface area contributed by atoms with Gasteiger partial charge in [0.25, 0.3) is 10.0 Å². The van der Waals surface area contributed by atoms with E-state index in [1.54, 1.807) is 0 Å². The van der Waals surface area contributed by atoms with Crippen LogP contribution < -0.4 is 0 Å².